The molecule has 0 bridgehead atoms. The summed E-state index contributed by atoms with van der Waals surface area (Å²) < 4.78 is 0. The van der Waals surface area contributed by atoms with E-state index in [1.165, 1.54) is 4.90 Å². The molecule has 4 rings (SSSR count). The van der Waals surface area contributed by atoms with Crippen molar-refractivity contribution in [3.05, 3.63) is 28.3 Å². The maximum atomic E-state index is 13.5. The van der Waals surface area contributed by atoms with E-state index < -0.39 is 46.9 Å². The first kappa shape index (κ1) is 19.4. The molecule has 3 amide bonds. The van der Waals surface area contributed by atoms with E-state index in [0.717, 1.165) is 5.56 Å². The molecule has 0 aliphatic carbocycles. The summed E-state index contributed by atoms with van der Waals surface area (Å²) in [5, 5.41) is 16.7. The maximum Gasteiger partial charge on any atom is 0.250 e. The van der Waals surface area contributed by atoms with Crippen molar-refractivity contribution in [3.63, 3.8) is 0 Å². The average Bonchev–Trinajstić information content (AvgIpc) is 3.13. The number of hydrogen-bond donors (Lipinski definition) is 3. The summed E-state index contributed by atoms with van der Waals surface area (Å²) in [6, 6.07) is 2.82. The van der Waals surface area contributed by atoms with Gasteiger partial charge in [-0.05, 0) is 46.2 Å². The van der Waals surface area contributed by atoms with Crippen molar-refractivity contribution >= 4 is 35.0 Å². The monoisotopic (exact) mass is 405 g/mol. The highest BCUT2D eigenvalue weighted by Crippen LogP contribution is 2.55. The van der Waals surface area contributed by atoms with Crippen LogP contribution in [-0.4, -0.2) is 45.4 Å². The Kier molecular flexibility index (Phi) is 4.00. The molecule has 0 aromatic heterocycles. The Labute approximate surface area is 168 Å². The fraction of sp³-hybridized carbons (Fsp3) is 0.550. The van der Waals surface area contributed by atoms with Crippen molar-refractivity contribution in [3.8, 4) is 0 Å². The first-order valence-electron chi connectivity index (χ1n) is 9.37. The third kappa shape index (κ3) is 2.27. The van der Waals surface area contributed by atoms with Crippen LogP contribution in [0.3, 0.4) is 0 Å². The maximum absolute atomic E-state index is 13.5. The highest BCUT2D eigenvalue weighted by molar-refractivity contribution is 6.35. The number of carbonyl (C=O) groups is 3. The molecular weight excluding hydrogens is 382 g/mol. The Bertz CT molecular complexity index is 923. The van der Waals surface area contributed by atoms with Gasteiger partial charge in [0.05, 0.1) is 28.6 Å². The van der Waals surface area contributed by atoms with E-state index in [1.807, 2.05) is 13.0 Å². The lowest BCUT2D eigenvalue weighted by Gasteiger charge is -2.35. The average molecular weight is 406 g/mol. The molecule has 3 aliphatic heterocycles. The van der Waals surface area contributed by atoms with E-state index in [-0.39, 0.29) is 5.91 Å². The third-order valence-corrected chi connectivity index (χ3v) is 6.34. The number of imide groups is 1. The molecule has 2 saturated heterocycles. The second-order valence-electron chi connectivity index (χ2n) is 9.03. The van der Waals surface area contributed by atoms with Gasteiger partial charge >= 0.3 is 0 Å². The number of nitrogens with one attached hydrogen (secondary N) is 2. The summed E-state index contributed by atoms with van der Waals surface area (Å²) in [6.45, 7) is 8.76. The summed E-state index contributed by atoms with van der Waals surface area (Å²) in [7, 11) is 0. The standard InChI is InChI=1S/C20H24ClN3O4/c1-8-6-10-15(11(21)7-8)22-18(28)20(10)13-12(14(23-20)9(2)25)16(26)24(17(13)27)19(3,4)5/h6-7,9,12-14,23,25H,1-5H3,(H,22,28). The number of nitrogens with zero attached hydrogens (tertiary/aromatic N) is 1. The van der Waals surface area contributed by atoms with Gasteiger partial charge in [-0.25, -0.2) is 0 Å². The van der Waals surface area contributed by atoms with Crippen LogP contribution in [-0.2, 0) is 19.9 Å². The number of aliphatic hydroxyl groups is 1. The topological polar surface area (TPSA) is 98.7 Å². The van der Waals surface area contributed by atoms with Crippen molar-refractivity contribution in [1.29, 1.82) is 0 Å². The van der Waals surface area contributed by atoms with Crippen LogP contribution in [0, 0.1) is 18.8 Å². The number of likely N-dealkylation sites (tertiary alicyclic amines) is 1. The number of aryl methyl sites for hydroxylation is 1. The van der Waals surface area contributed by atoms with Crippen LogP contribution in [0.25, 0.3) is 0 Å². The molecule has 1 aromatic rings. The van der Waals surface area contributed by atoms with Gasteiger partial charge in [-0.15, -0.1) is 0 Å². The molecule has 28 heavy (non-hydrogen) atoms. The highest BCUT2D eigenvalue weighted by atomic mass is 35.5. The number of halogens is 1. The van der Waals surface area contributed by atoms with Crippen LogP contribution >= 0.6 is 11.6 Å². The molecule has 8 heteroatoms. The number of rotatable bonds is 1. The van der Waals surface area contributed by atoms with Gasteiger partial charge in [0, 0.05) is 17.1 Å². The highest BCUT2D eigenvalue weighted by Gasteiger charge is 2.72. The second-order valence-corrected chi connectivity index (χ2v) is 9.44. The molecule has 150 valence electrons. The van der Waals surface area contributed by atoms with Gasteiger partial charge in [-0.2, -0.15) is 0 Å². The van der Waals surface area contributed by atoms with E-state index in [1.54, 1.807) is 33.8 Å². The molecule has 3 aliphatic rings. The zero-order chi connectivity index (χ0) is 20.8. The van der Waals surface area contributed by atoms with Crippen molar-refractivity contribution in [2.45, 2.75) is 57.8 Å². The number of hydrogen-bond acceptors (Lipinski definition) is 5. The molecule has 2 fully saturated rings. The minimum atomic E-state index is -1.44. The largest absolute Gasteiger partial charge is 0.392 e. The van der Waals surface area contributed by atoms with Crippen LogP contribution < -0.4 is 10.6 Å². The predicted octanol–water partition coefficient (Wildman–Crippen LogP) is 1.55. The van der Waals surface area contributed by atoms with Crippen molar-refractivity contribution in [2.75, 3.05) is 5.32 Å². The molecular formula is C20H24ClN3O4. The molecule has 7 nitrogen and oxygen atoms in total. The fourth-order valence-electron chi connectivity index (χ4n) is 5.00. The van der Waals surface area contributed by atoms with Gasteiger partial charge in [0.15, 0.2) is 0 Å². The predicted molar refractivity (Wildman–Crippen MR) is 104 cm³/mol. The number of benzene rings is 1. The van der Waals surface area contributed by atoms with E-state index in [4.69, 9.17) is 11.6 Å². The summed E-state index contributed by atoms with van der Waals surface area (Å²) >= 11 is 6.36. The summed E-state index contributed by atoms with van der Waals surface area (Å²) in [6.07, 6.45) is -0.930. The van der Waals surface area contributed by atoms with E-state index in [2.05, 4.69) is 10.6 Å². The van der Waals surface area contributed by atoms with Gasteiger partial charge in [0.25, 0.3) is 0 Å². The molecule has 5 atom stereocenters. The lowest BCUT2D eigenvalue weighted by Crippen LogP contribution is -2.57. The third-order valence-electron chi connectivity index (χ3n) is 6.05. The van der Waals surface area contributed by atoms with Crippen molar-refractivity contribution in [2.24, 2.45) is 11.8 Å². The molecule has 0 radical (unpaired) electrons. The van der Waals surface area contributed by atoms with E-state index >= 15 is 0 Å². The quantitative estimate of drug-likeness (QED) is 0.616. The summed E-state index contributed by atoms with van der Waals surface area (Å²) in [4.78, 5) is 41.2. The summed E-state index contributed by atoms with van der Waals surface area (Å²) in [5.41, 5.74) is -0.334. The molecule has 5 unspecified atom stereocenters. The van der Waals surface area contributed by atoms with Crippen LogP contribution in [0.5, 0.6) is 0 Å². The van der Waals surface area contributed by atoms with Gasteiger partial charge in [0.2, 0.25) is 17.7 Å². The molecule has 0 saturated carbocycles. The second kappa shape index (κ2) is 5.78. The molecule has 3 N–H and O–H groups in total. The van der Waals surface area contributed by atoms with Gasteiger partial charge in [-0.3, -0.25) is 24.6 Å². The SMILES string of the molecule is Cc1cc(Cl)c2c(c1)C1(NC(C(C)O)C3C(=O)N(C(C)(C)C)C(=O)C31)C(=O)N2. The van der Waals surface area contributed by atoms with Crippen molar-refractivity contribution < 1.29 is 19.5 Å². The lowest BCUT2D eigenvalue weighted by molar-refractivity contribution is -0.148. The van der Waals surface area contributed by atoms with Crippen LogP contribution in [0.1, 0.15) is 38.8 Å². The van der Waals surface area contributed by atoms with Crippen LogP contribution in [0.2, 0.25) is 5.02 Å². The van der Waals surface area contributed by atoms with Gasteiger partial charge in [0.1, 0.15) is 5.54 Å². The number of aliphatic hydroxyl groups excluding tert-OH is 1. The zero-order valence-electron chi connectivity index (χ0n) is 16.5. The van der Waals surface area contributed by atoms with Gasteiger partial charge < -0.3 is 10.4 Å². The fourth-order valence-corrected chi connectivity index (χ4v) is 5.32. The number of fused-ring (bicyclic) bond motifs is 4. The number of amides is 3. The first-order chi connectivity index (χ1) is 12.9. The Balaban J connectivity index is 1.97. The minimum absolute atomic E-state index is 0.363. The van der Waals surface area contributed by atoms with Crippen molar-refractivity contribution in [1.82, 2.24) is 10.2 Å². The summed E-state index contributed by atoms with van der Waals surface area (Å²) in [5.74, 6) is -2.97. The zero-order valence-corrected chi connectivity index (χ0v) is 17.2. The molecule has 3 heterocycles. The van der Waals surface area contributed by atoms with Crippen LogP contribution in [0.15, 0.2) is 12.1 Å². The lowest BCUT2D eigenvalue weighted by atomic mass is 9.76. The molecule has 1 spiro atoms. The smallest absolute Gasteiger partial charge is 0.250 e. The van der Waals surface area contributed by atoms with E-state index in [0.29, 0.717) is 16.3 Å². The minimum Gasteiger partial charge on any atom is -0.392 e. The Morgan fingerprint density at radius 3 is 2.43 bits per heavy atom. The van der Waals surface area contributed by atoms with E-state index in [9.17, 15) is 19.5 Å². The Morgan fingerprint density at radius 2 is 1.86 bits per heavy atom. The normalized spacial score (nSPS) is 32.8. The number of anilines is 1. The number of carbonyl (C=O) groups excluding carboxylic acids is 3. The Morgan fingerprint density at radius 1 is 1.21 bits per heavy atom. The Hall–Kier alpha value is -1.96. The molecule has 1 aromatic carbocycles. The first-order valence-corrected chi connectivity index (χ1v) is 9.75. The van der Waals surface area contributed by atoms with Crippen LogP contribution in [0.4, 0.5) is 5.69 Å². The van der Waals surface area contributed by atoms with Gasteiger partial charge in [-0.1, -0.05) is 17.7 Å².